The number of rotatable bonds is 3. The zero-order valence-corrected chi connectivity index (χ0v) is 14.9. The standard InChI is InChI=1S/C17H25N3S2/c1-2-19-10-5-7-14(19)13-18-17(21)20-11-6-12-22-16-9-4-3-8-15(16)20/h3-4,8-9,14H,2,5-7,10-13H2,1H3,(H,18,21). The van der Waals surface area contributed by atoms with Crippen LogP contribution >= 0.6 is 24.0 Å². The Balaban J connectivity index is 1.64. The number of nitrogens with zero attached hydrogens (tertiary/aromatic N) is 2. The second-order valence-corrected chi connectivity index (χ2v) is 7.46. The normalized spacial score (nSPS) is 22.2. The zero-order valence-electron chi connectivity index (χ0n) is 13.3. The van der Waals surface area contributed by atoms with Gasteiger partial charge in [0, 0.05) is 24.0 Å². The topological polar surface area (TPSA) is 18.5 Å². The van der Waals surface area contributed by atoms with E-state index in [-0.39, 0.29) is 0 Å². The Bertz CT molecular complexity index is 520. The minimum Gasteiger partial charge on any atom is -0.361 e. The molecule has 120 valence electrons. The first kappa shape index (κ1) is 16.1. The van der Waals surface area contributed by atoms with E-state index in [0.29, 0.717) is 6.04 Å². The van der Waals surface area contributed by atoms with Crippen LogP contribution in [0, 0.1) is 0 Å². The van der Waals surface area contributed by atoms with Gasteiger partial charge in [0.2, 0.25) is 0 Å². The van der Waals surface area contributed by atoms with Crippen LogP contribution in [0.4, 0.5) is 5.69 Å². The first-order chi connectivity index (χ1) is 10.8. The Labute approximate surface area is 143 Å². The van der Waals surface area contributed by atoms with E-state index in [1.54, 1.807) is 0 Å². The molecule has 1 unspecified atom stereocenters. The second-order valence-electron chi connectivity index (χ2n) is 5.93. The van der Waals surface area contributed by atoms with Gasteiger partial charge >= 0.3 is 0 Å². The van der Waals surface area contributed by atoms with Gasteiger partial charge in [-0.05, 0) is 62.5 Å². The Hall–Kier alpha value is -0.780. The SMILES string of the molecule is CCN1CCCC1CNC(=S)N1CCCSc2ccccc21. The van der Waals surface area contributed by atoms with Crippen molar-refractivity contribution in [3.8, 4) is 0 Å². The van der Waals surface area contributed by atoms with Crippen LogP contribution < -0.4 is 10.2 Å². The summed E-state index contributed by atoms with van der Waals surface area (Å²) in [5.74, 6) is 1.17. The van der Waals surface area contributed by atoms with Crippen LogP contribution in [0.2, 0.25) is 0 Å². The molecule has 1 fully saturated rings. The van der Waals surface area contributed by atoms with E-state index in [1.807, 2.05) is 11.8 Å². The van der Waals surface area contributed by atoms with E-state index < -0.39 is 0 Å². The van der Waals surface area contributed by atoms with Gasteiger partial charge in [0.15, 0.2) is 5.11 Å². The monoisotopic (exact) mass is 335 g/mol. The number of thioether (sulfide) groups is 1. The summed E-state index contributed by atoms with van der Waals surface area (Å²) in [5, 5.41) is 4.42. The number of likely N-dealkylation sites (N-methyl/N-ethyl adjacent to an activating group) is 1. The summed E-state index contributed by atoms with van der Waals surface area (Å²) in [7, 11) is 0. The lowest BCUT2D eigenvalue weighted by atomic mass is 10.2. The predicted molar refractivity (Wildman–Crippen MR) is 100.0 cm³/mol. The molecule has 2 aliphatic heterocycles. The molecule has 0 radical (unpaired) electrons. The van der Waals surface area contributed by atoms with E-state index >= 15 is 0 Å². The van der Waals surface area contributed by atoms with Gasteiger partial charge in [-0.25, -0.2) is 0 Å². The quantitative estimate of drug-likeness (QED) is 0.851. The highest BCUT2D eigenvalue weighted by Crippen LogP contribution is 2.33. The fourth-order valence-electron chi connectivity index (χ4n) is 3.38. The molecule has 0 aromatic heterocycles. The van der Waals surface area contributed by atoms with Crippen molar-refractivity contribution in [3.63, 3.8) is 0 Å². The third kappa shape index (κ3) is 3.58. The predicted octanol–water partition coefficient (Wildman–Crippen LogP) is 3.35. The van der Waals surface area contributed by atoms with Gasteiger partial charge in [-0.1, -0.05) is 19.1 Å². The summed E-state index contributed by atoms with van der Waals surface area (Å²) in [6, 6.07) is 9.26. The lowest BCUT2D eigenvalue weighted by Crippen LogP contribution is -2.46. The van der Waals surface area contributed by atoms with Crippen LogP contribution in [-0.2, 0) is 0 Å². The molecule has 0 aliphatic carbocycles. The average molecular weight is 336 g/mol. The molecule has 0 spiro atoms. The lowest BCUT2D eigenvalue weighted by Gasteiger charge is -2.28. The van der Waals surface area contributed by atoms with Crippen molar-refractivity contribution >= 4 is 34.8 Å². The van der Waals surface area contributed by atoms with Crippen LogP contribution in [0.3, 0.4) is 0 Å². The number of anilines is 1. The molecular formula is C17H25N3S2. The van der Waals surface area contributed by atoms with Gasteiger partial charge in [-0.2, -0.15) is 0 Å². The highest BCUT2D eigenvalue weighted by molar-refractivity contribution is 7.99. The summed E-state index contributed by atoms with van der Waals surface area (Å²) in [5.41, 5.74) is 1.27. The van der Waals surface area contributed by atoms with E-state index in [0.717, 1.165) is 24.7 Å². The van der Waals surface area contributed by atoms with Gasteiger partial charge in [0.25, 0.3) is 0 Å². The molecule has 2 heterocycles. The van der Waals surface area contributed by atoms with Crippen molar-refractivity contribution in [3.05, 3.63) is 24.3 Å². The largest absolute Gasteiger partial charge is 0.361 e. The van der Waals surface area contributed by atoms with Gasteiger partial charge in [-0.3, -0.25) is 4.90 Å². The minimum atomic E-state index is 0.638. The molecule has 5 heteroatoms. The molecule has 1 atom stereocenters. The highest BCUT2D eigenvalue weighted by Gasteiger charge is 2.24. The van der Waals surface area contributed by atoms with Crippen LogP contribution in [0.25, 0.3) is 0 Å². The molecule has 2 aliphatic rings. The van der Waals surface area contributed by atoms with E-state index in [2.05, 4.69) is 46.3 Å². The van der Waals surface area contributed by atoms with Crippen LogP contribution in [0.1, 0.15) is 26.2 Å². The van der Waals surface area contributed by atoms with Gasteiger partial charge in [0.1, 0.15) is 0 Å². The number of para-hydroxylation sites is 1. The molecule has 3 rings (SSSR count). The maximum absolute atomic E-state index is 5.71. The zero-order chi connectivity index (χ0) is 15.4. The smallest absolute Gasteiger partial charge is 0.173 e. The highest BCUT2D eigenvalue weighted by atomic mass is 32.2. The number of hydrogen-bond acceptors (Lipinski definition) is 3. The molecule has 1 aromatic carbocycles. The van der Waals surface area contributed by atoms with Crippen molar-refractivity contribution in [2.24, 2.45) is 0 Å². The van der Waals surface area contributed by atoms with Crippen molar-refractivity contribution in [2.45, 2.75) is 37.1 Å². The molecule has 1 saturated heterocycles. The van der Waals surface area contributed by atoms with Crippen molar-refractivity contribution in [1.29, 1.82) is 0 Å². The molecule has 1 aromatic rings. The maximum Gasteiger partial charge on any atom is 0.173 e. The van der Waals surface area contributed by atoms with Crippen molar-refractivity contribution in [2.75, 3.05) is 36.8 Å². The molecule has 0 saturated carbocycles. The Morgan fingerprint density at radius 1 is 1.32 bits per heavy atom. The number of fused-ring (bicyclic) bond motifs is 1. The van der Waals surface area contributed by atoms with Crippen LogP contribution in [-0.4, -0.2) is 48.0 Å². The summed E-state index contributed by atoms with van der Waals surface area (Å²) < 4.78 is 0. The average Bonchev–Trinajstić information content (AvgIpc) is 2.90. The molecule has 3 nitrogen and oxygen atoms in total. The molecule has 22 heavy (non-hydrogen) atoms. The van der Waals surface area contributed by atoms with Crippen LogP contribution in [0.15, 0.2) is 29.2 Å². The minimum absolute atomic E-state index is 0.638. The van der Waals surface area contributed by atoms with Crippen molar-refractivity contribution < 1.29 is 0 Å². The van der Waals surface area contributed by atoms with Gasteiger partial charge in [-0.15, -0.1) is 11.8 Å². The van der Waals surface area contributed by atoms with Crippen LogP contribution in [0.5, 0.6) is 0 Å². The number of likely N-dealkylation sites (tertiary alicyclic amines) is 1. The third-order valence-electron chi connectivity index (χ3n) is 4.58. The Kier molecular flexibility index (Phi) is 5.61. The Morgan fingerprint density at radius 3 is 3.05 bits per heavy atom. The molecule has 0 bridgehead atoms. The first-order valence-corrected chi connectivity index (χ1v) is 9.70. The number of hydrogen-bond donors (Lipinski definition) is 1. The fraction of sp³-hybridized carbons (Fsp3) is 0.588. The number of thiocarbonyl (C=S) groups is 1. The number of nitrogens with one attached hydrogen (secondary N) is 1. The summed E-state index contributed by atoms with van der Waals surface area (Å²) in [6.07, 6.45) is 3.78. The summed E-state index contributed by atoms with van der Waals surface area (Å²) >= 11 is 7.65. The van der Waals surface area contributed by atoms with E-state index in [1.165, 1.54) is 42.1 Å². The van der Waals surface area contributed by atoms with Gasteiger partial charge in [0.05, 0.1) is 5.69 Å². The summed E-state index contributed by atoms with van der Waals surface area (Å²) in [6.45, 7) is 6.61. The lowest BCUT2D eigenvalue weighted by molar-refractivity contribution is 0.267. The molecular weight excluding hydrogens is 310 g/mol. The summed E-state index contributed by atoms with van der Waals surface area (Å²) in [4.78, 5) is 6.19. The van der Waals surface area contributed by atoms with E-state index in [9.17, 15) is 0 Å². The van der Waals surface area contributed by atoms with Crippen molar-refractivity contribution in [1.82, 2.24) is 10.2 Å². The number of benzene rings is 1. The fourth-order valence-corrected chi connectivity index (χ4v) is 4.65. The second kappa shape index (κ2) is 7.66. The third-order valence-corrected chi connectivity index (χ3v) is 6.09. The molecule has 1 N–H and O–H groups in total. The Morgan fingerprint density at radius 2 is 2.18 bits per heavy atom. The first-order valence-electron chi connectivity index (χ1n) is 8.31. The van der Waals surface area contributed by atoms with Gasteiger partial charge < -0.3 is 10.2 Å². The molecule has 0 amide bonds. The maximum atomic E-state index is 5.71. The van der Waals surface area contributed by atoms with E-state index in [4.69, 9.17) is 12.2 Å².